The Morgan fingerprint density at radius 1 is 0.821 bits per heavy atom. The van der Waals surface area contributed by atoms with Crippen molar-refractivity contribution in [3.63, 3.8) is 0 Å². The summed E-state index contributed by atoms with van der Waals surface area (Å²) in [4.78, 5) is 55.5. The first-order valence-electron chi connectivity index (χ1n) is 11.4. The first-order chi connectivity index (χ1) is 18.5. The molecule has 0 radical (unpaired) electrons. The van der Waals surface area contributed by atoms with E-state index in [2.05, 4.69) is 51.1 Å². The fraction of sp³-hybridized carbons (Fsp3) is 0.192. The lowest BCUT2D eigenvalue weighted by atomic mass is 10.3. The zero-order valence-corrected chi connectivity index (χ0v) is 21.5. The molecule has 3 aromatic rings. The molecule has 1 aliphatic rings. The molecule has 2 aromatic heterocycles. The Morgan fingerprint density at radius 2 is 1.38 bits per heavy atom. The van der Waals surface area contributed by atoms with Gasteiger partial charge in [-0.05, 0) is 30.3 Å². The maximum atomic E-state index is 11.9. The van der Waals surface area contributed by atoms with Gasteiger partial charge in [-0.3, -0.25) is 9.69 Å². The van der Waals surface area contributed by atoms with Crippen molar-refractivity contribution in [2.45, 2.75) is 9.79 Å². The van der Waals surface area contributed by atoms with Crippen molar-refractivity contribution >= 4 is 47.0 Å². The van der Waals surface area contributed by atoms with Gasteiger partial charge in [0.25, 0.3) is 0 Å². The smallest absolute Gasteiger partial charge is 0.414 e. The summed E-state index contributed by atoms with van der Waals surface area (Å²) in [5, 5.41) is 29.6. The Balaban J connectivity index is 0.000000374. The van der Waals surface area contributed by atoms with E-state index in [1.807, 2.05) is 24.4 Å². The summed E-state index contributed by atoms with van der Waals surface area (Å²) >= 11 is 1.74. The second-order valence-corrected chi connectivity index (χ2v) is 9.00. The van der Waals surface area contributed by atoms with Crippen LogP contribution in [-0.4, -0.2) is 86.3 Å². The zero-order chi connectivity index (χ0) is 28.9. The van der Waals surface area contributed by atoms with Crippen LogP contribution in [0.25, 0.3) is 5.52 Å². The Hall–Kier alpha value is -4.62. The van der Waals surface area contributed by atoms with Crippen LogP contribution in [0.1, 0.15) is 0 Å². The molecule has 0 saturated carbocycles. The highest BCUT2D eigenvalue weighted by Crippen LogP contribution is 2.36. The first kappa shape index (κ1) is 30.6. The van der Waals surface area contributed by atoms with E-state index in [4.69, 9.17) is 39.6 Å². The summed E-state index contributed by atoms with van der Waals surface area (Å²) in [7, 11) is 0. The fourth-order valence-corrected chi connectivity index (χ4v) is 4.45. The number of carbonyl (C=O) groups is 4. The second kappa shape index (κ2) is 15.0. The van der Waals surface area contributed by atoms with E-state index in [-0.39, 0.29) is 5.43 Å². The summed E-state index contributed by atoms with van der Waals surface area (Å²) in [6, 6.07) is 17.8. The summed E-state index contributed by atoms with van der Waals surface area (Å²) in [6.45, 7) is 8.76. The number of carboxylic acid groups (broad SMARTS) is 4. The van der Waals surface area contributed by atoms with Gasteiger partial charge >= 0.3 is 23.9 Å². The van der Waals surface area contributed by atoms with Gasteiger partial charge in [-0.25, -0.2) is 19.2 Å². The predicted octanol–water partition coefficient (Wildman–Crippen LogP) is 2.07. The van der Waals surface area contributed by atoms with Crippen molar-refractivity contribution in [2.75, 3.05) is 37.6 Å². The third kappa shape index (κ3) is 9.64. The van der Waals surface area contributed by atoms with E-state index < -0.39 is 23.9 Å². The highest BCUT2D eigenvalue weighted by atomic mass is 32.2. The SMILES string of the molecule is C=CCN1CCN(c2cc(Sc3ccccc3)c3ccc(=O)ccn23)CC1.O=C(O)C(=O)O.O=C(O)C(=O)O. The minimum absolute atomic E-state index is 0.0242. The van der Waals surface area contributed by atoms with Gasteiger partial charge in [0.1, 0.15) is 5.82 Å². The van der Waals surface area contributed by atoms with Gasteiger partial charge in [0.15, 0.2) is 5.43 Å². The van der Waals surface area contributed by atoms with Crippen molar-refractivity contribution in [3.8, 4) is 0 Å². The quantitative estimate of drug-likeness (QED) is 0.266. The molecule has 206 valence electrons. The van der Waals surface area contributed by atoms with Crippen molar-refractivity contribution < 1.29 is 39.6 Å². The Labute approximate surface area is 227 Å². The van der Waals surface area contributed by atoms with Crippen LogP contribution in [0.3, 0.4) is 0 Å². The number of benzene rings is 1. The average Bonchev–Trinajstić information content (AvgIpc) is 3.12. The van der Waals surface area contributed by atoms with E-state index in [1.54, 1.807) is 23.9 Å². The number of rotatable bonds is 5. The van der Waals surface area contributed by atoms with Gasteiger partial charge in [0, 0.05) is 54.8 Å². The Kier molecular flexibility index (Phi) is 11.7. The molecule has 1 fully saturated rings. The van der Waals surface area contributed by atoms with Crippen molar-refractivity contribution in [1.82, 2.24) is 9.30 Å². The fourth-order valence-electron chi connectivity index (χ4n) is 3.47. The van der Waals surface area contributed by atoms with Crippen LogP contribution in [0.4, 0.5) is 5.82 Å². The average molecular weight is 558 g/mol. The molecule has 4 rings (SSSR count). The second-order valence-electron chi connectivity index (χ2n) is 7.89. The number of nitrogens with zero attached hydrogens (tertiary/aromatic N) is 3. The maximum absolute atomic E-state index is 11.9. The van der Waals surface area contributed by atoms with E-state index in [9.17, 15) is 4.79 Å². The molecule has 13 heteroatoms. The molecule has 0 aliphatic carbocycles. The van der Waals surface area contributed by atoms with Gasteiger partial charge in [0.2, 0.25) is 0 Å². The first-order valence-corrected chi connectivity index (χ1v) is 12.2. The highest BCUT2D eigenvalue weighted by Gasteiger charge is 2.20. The number of hydrogen-bond acceptors (Lipinski definition) is 8. The van der Waals surface area contributed by atoms with Crippen LogP contribution < -0.4 is 10.3 Å². The molecular formula is C26H27N3O9S. The number of aromatic nitrogens is 1. The molecule has 3 heterocycles. The molecule has 0 amide bonds. The van der Waals surface area contributed by atoms with Crippen LogP contribution in [0.5, 0.6) is 0 Å². The lowest BCUT2D eigenvalue weighted by Crippen LogP contribution is -2.46. The number of anilines is 1. The van der Waals surface area contributed by atoms with Crippen molar-refractivity contribution in [1.29, 1.82) is 0 Å². The number of aliphatic carboxylic acids is 4. The van der Waals surface area contributed by atoms with E-state index in [0.717, 1.165) is 44.1 Å². The summed E-state index contributed by atoms with van der Waals surface area (Å²) in [5.41, 5.74) is 1.09. The molecule has 4 N–H and O–H groups in total. The van der Waals surface area contributed by atoms with Gasteiger partial charge in [-0.2, -0.15) is 0 Å². The summed E-state index contributed by atoms with van der Waals surface area (Å²) in [5.74, 6) is -6.15. The Morgan fingerprint density at radius 3 is 1.90 bits per heavy atom. The van der Waals surface area contributed by atoms with Crippen LogP contribution >= 0.6 is 11.8 Å². The molecule has 1 saturated heterocycles. The molecule has 12 nitrogen and oxygen atoms in total. The highest BCUT2D eigenvalue weighted by molar-refractivity contribution is 7.99. The minimum atomic E-state index is -1.82. The van der Waals surface area contributed by atoms with Crippen LogP contribution in [0.15, 0.2) is 88.0 Å². The standard InChI is InChI=1S/C22H23N3OS.2C2H2O4/c1-2-11-23-13-15-24(16-14-23)22-17-21(27-19-6-4-3-5-7-19)20-9-8-18(26)10-12-25(20)22;2*3-1(4)2(5)6/h2-10,12,17H,1,11,13-16H2;2*(H,3,4)(H,5,6). The van der Waals surface area contributed by atoms with Gasteiger partial charge in [-0.1, -0.05) is 36.0 Å². The third-order valence-corrected chi connectivity index (χ3v) is 6.29. The van der Waals surface area contributed by atoms with Crippen molar-refractivity contribution in [3.05, 3.63) is 83.7 Å². The van der Waals surface area contributed by atoms with E-state index >= 15 is 0 Å². The number of hydrogen-bond donors (Lipinski definition) is 4. The molecule has 0 bridgehead atoms. The molecule has 1 aromatic carbocycles. The molecule has 0 unspecified atom stereocenters. The van der Waals surface area contributed by atoms with Gasteiger partial charge in [0.05, 0.1) is 5.52 Å². The number of fused-ring (bicyclic) bond motifs is 1. The summed E-state index contributed by atoms with van der Waals surface area (Å²) < 4.78 is 2.15. The molecule has 1 aliphatic heterocycles. The third-order valence-electron chi connectivity index (χ3n) is 5.23. The van der Waals surface area contributed by atoms with Gasteiger partial charge in [-0.15, -0.1) is 6.58 Å². The van der Waals surface area contributed by atoms with Crippen LogP contribution in [0, 0.1) is 0 Å². The summed E-state index contributed by atoms with van der Waals surface area (Å²) in [6.07, 6.45) is 3.87. The number of piperazine rings is 1. The van der Waals surface area contributed by atoms with Gasteiger partial charge < -0.3 is 29.7 Å². The Bertz CT molecular complexity index is 1340. The zero-order valence-electron chi connectivity index (χ0n) is 20.7. The number of carboxylic acids is 4. The molecule has 0 atom stereocenters. The lowest BCUT2D eigenvalue weighted by Gasteiger charge is -2.35. The largest absolute Gasteiger partial charge is 0.473 e. The topological polar surface area (TPSA) is 177 Å². The van der Waals surface area contributed by atoms with Crippen LogP contribution in [-0.2, 0) is 19.2 Å². The minimum Gasteiger partial charge on any atom is -0.473 e. The monoisotopic (exact) mass is 557 g/mol. The molecular weight excluding hydrogens is 530 g/mol. The molecule has 39 heavy (non-hydrogen) atoms. The maximum Gasteiger partial charge on any atom is 0.414 e. The lowest BCUT2D eigenvalue weighted by molar-refractivity contribution is -0.159. The van der Waals surface area contributed by atoms with Crippen LogP contribution in [0.2, 0.25) is 0 Å². The molecule has 0 spiro atoms. The van der Waals surface area contributed by atoms with Crippen molar-refractivity contribution in [2.24, 2.45) is 0 Å². The van der Waals surface area contributed by atoms with E-state index in [0.29, 0.717) is 0 Å². The predicted molar refractivity (Wildman–Crippen MR) is 144 cm³/mol. The van der Waals surface area contributed by atoms with E-state index in [1.165, 1.54) is 9.79 Å². The normalized spacial score (nSPS) is 12.8.